The average molecular weight is 360 g/mol. The van der Waals surface area contributed by atoms with Crippen molar-refractivity contribution < 1.29 is 4.79 Å². The van der Waals surface area contributed by atoms with E-state index >= 15 is 0 Å². The lowest BCUT2D eigenvalue weighted by Crippen LogP contribution is -2.30. The van der Waals surface area contributed by atoms with Gasteiger partial charge >= 0.3 is 0 Å². The lowest BCUT2D eigenvalue weighted by molar-refractivity contribution is 0.102. The maximum Gasteiger partial charge on any atom is 0.255 e. The van der Waals surface area contributed by atoms with Gasteiger partial charge in [-0.25, -0.2) is 4.98 Å². The first-order chi connectivity index (χ1) is 10.7. The number of amides is 1. The van der Waals surface area contributed by atoms with E-state index in [1.807, 2.05) is 30.3 Å². The second-order valence-electron chi connectivity index (χ2n) is 5.41. The molecule has 1 aromatic carbocycles. The minimum atomic E-state index is -0.112. The molecule has 4 nitrogen and oxygen atoms in total. The molecule has 114 valence electrons. The number of rotatable bonds is 3. The van der Waals surface area contributed by atoms with Gasteiger partial charge in [-0.15, -0.1) is 0 Å². The Balaban J connectivity index is 1.75. The average Bonchev–Trinajstić information content (AvgIpc) is 2.56. The third-order valence-electron chi connectivity index (χ3n) is 3.77. The Morgan fingerprint density at radius 2 is 1.95 bits per heavy atom. The first-order valence-corrected chi connectivity index (χ1v) is 8.29. The zero-order chi connectivity index (χ0) is 15.4. The van der Waals surface area contributed by atoms with Gasteiger partial charge < -0.3 is 10.2 Å². The molecule has 2 heterocycles. The van der Waals surface area contributed by atoms with E-state index in [-0.39, 0.29) is 5.91 Å². The summed E-state index contributed by atoms with van der Waals surface area (Å²) in [6.07, 6.45) is 5.37. The number of halogens is 1. The first-order valence-electron chi connectivity index (χ1n) is 7.50. The van der Waals surface area contributed by atoms with Gasteiger partial charge in [0.1, 0.15) is 5.82 Å². The van der Waals surface area contributed by atoms with Gasteiger partial charge in [0, 0.05) is 35.0 Å². The molecule has 1 aromatic heterocycles. The number of anilines is 2. The zero-order valence-corrected chi connectivity index (χ0v) is 13.8. The molecule has 1 N–H and O–H groups in total. The van der Waals surface area contributed by atoms with Crippen LogP contribution in [0.5, 0.6) is 0 Å². The molecule has 0 bridgehead atoms. The van der Waals surface area contributed by atoms with E-state index in [1.165, 1.54) is 19.3 Å². The number of aromatic nitrogens is 1. The summed E-state index contributed by atoms with van der Waals surface area (Å²) < 4.78 is 0.939. The van der Waals surface area contributed by atoms with Crippen molar-refractivity contribution in [3.63, 3.8) is 0 Å². The largest absolute Gasteiger partial charge is 0.357 e. The fourth-order valence-electron chi connectivity index (χ4n) is 2.63. The molecular formula is C17H18BrN3O. The minimum absolute atomic E-state index is 0.112. The molecule has 0 atom stereocenters. The molecule has 1 fully saturated rings. The summed E-state index contributed by atoms with van der Waals surface area (Å²) in [5.74, 6) is 0.778. The minimum Gasteiger partial charge on any atom is -0.357 e. The molecule has 0 aliphatic carbocycles. The summed E-state index contributed by atoms with van der Waals surface area (Å²) >= 11 is 3.40. The maximum atomic E-state index is 12.4. The van der Waals surface area contributed by atoms with Crippen LogP contribution in [0.3, 0.4) is 0 Å². The predicted octanol–water partition coefficient (Wildman–Crippen LogP) is 4.09. The lowest BCUT2D eigenvalue weighted by Gasteiger charge is -2.27. The number of carbonyl (C=O) groups excluding carboxylic acids is 1. The highest BCUT2D eigenvalue weighted by Gasteiger charge is 2.14. The van der Waals surface area contributed by atoms with Crippen LogP contribution in [0.1, 0.15) is 29.6 Å². The van der Waals surface area contributed by atoms with E-state index in [1.54, 1.807) is 12.3 Å². The molecule has 3 rings (SSSR count). The standard InChI is InChI=1S/C17H18BrN3O/c18-14-5-4-6-15(12-14)20-17(22)13-7-8-19-16(11-13)21-9-2-1-3-10-21/h4-8,11-12H,1-3,9-10H2,(H,20,22). The Morgan fingerprint density at radius 3 is 2.73 bits per heavy atom. The molecule has 1 aliphatic rings. The van der Waals surface area contributed by atoms with Gasteiger partial charge in [0.15, 0.2) is 0 Å². The number of hydrogen-bond donors (Lipinski definition) is 1. The zero-order valence-electron chi connectivity index (χ0n) is 12.3. The number of hydrogen-bond acceptors (Lipinski definition) is 3. The first kappa shape index (κ1) is 15.0. The molecule has 2 aromatic rings. The fraction of sp³-hybridized carbons (Fsp3) is 0.294. The summed E-state index contributed by atoms with van der Waals surface area (Å²) in [6.45, 7) is 2.04. The van der Waals surface area contributed by atoms with Crippen LogP contribution >= 0.6 is 15.9 Å². The molecule has 0 unspecified atom stereocenters. The van der Waals surface area contributed by atoms with Crippen LogP contribution in [0.2, 0.25) is 0 Å². The molecule has 5 heteroatoms. The maximum absolute atomic E-state index is 12.4. The van der Waals surface area contributed by atoms with Crippen LogP contribution in [-0.4, -0.2) is 24.0 Å². The number of benzene rings is 1. The van der Waals surface area contributed by atoms with Crippen LogP contribution in [-0.2, 0) is 0 Å². The lowest BCUT2D eigenvalue weighted by atomic mass is 10.1. The number of nitrogens with zero attached hydrogens (tertiary/aromatic N) is 2. The third-order valence-corrected chi connectivity index (χ3v) is 4.26. The van der Waals surface area contributed by atoms with Crippen molar-refractivity contribution in [3.8, 4) is 0 Å². The third kappa shape index (κ3) is 3.65. The number of piperidine rings is 1. The van der Waals surface area contributed by atoms with E-state index in [0.717, 1.165) is 29.1 Å². The molecule has 1 saturated heterocycles. The quantitative estimate of drug-likeness (QED) is 0.897. The van der Waals surface area contributed by atoms with Crippen molar-refractivity contribution in [2.45, 2.75) is 19.3 Å². The van der Waals surface area contributed by atoms with E-state index in [0.29, 0.717) is 5.56 Å². The van der Waals surface area contributed by atoms with E-state index in [4.69, 9.17) is 0 Å². The highest BCUT2D eigenvalue weighted by atomic mass is 79.9. The van der Waals surface area contributed by atoms with Gasteiger partial charge in [-0.05, 0) is 49.6 Å². The van der Waals surface area contributed by atoms with Crippen molar-refractivity contribution in [2.24, 2.45) is 0 Å². The highest BCUT2D eigenvalue weighted by molar-refractivity contribution is 9.10. The number of carbonyl (C=O) groups is 1. The van der Waals surface area contributed by atoms with Crippen molar-refractivity contribution in [1.82, 2.24) is 4.98 Å². The van der Waals surface area contributed by atoms with E-state index in [9.17, 15) is 4.79 Å². The van der Waals surface area contributed by atoms with Crippen LogP contribution < -0.4 is 10.2 Å². The second-order valence-corrected chi connectivity index (χ2v) is 6.33. The molecular weight excluding hydrogens is 342 g/mol. The fourth-order valence-corrected chi connectivity index (χ4v) is 3.02. The Bertz CT molecular complexity index is 668. The van der Waals surface area contributed by atoms with Gasteiger partial charge in [-0.2, -0.15) is 0 Å². The number of pyridine rings is 1. The highest BCUT2D eigenvalue weighted by Crippen LogP contribution is 2.20. The summed E-state index contributed by atoms with van der Waals surface area (Å²) in [6, 6.07) is 11.2. The van der Waals surface area contributed by atoms with Crippen molar-refractivity contribution in [3.05, 3.63) is 52.6 Å². The van der Waals surface area contributed by atoms with E-state index in [2.05, 4.69) is 31.1 Å². The molecule has 0 spiro atoms. The van der Waals surface area contributed by atoms with Crippen molar-refractivity contribution in [2.75, 3.05) is 23.3 Å². The van der Waals surface area contributed by atoms with Gasteiger partial charge in [0.2, 0.25) is 0 Å². The summed E-state index contributed by atoms with van der Waals surface area (Å²) in [7, 11) is 0. The van der Waals surface area contributed by atoms with Crippen LogP contribution in [0.15, 0.2) is 47.1 Å². The van der Waals surface area contributed by atoms with Crippen LogP contribution in [0.25, 0.3) is 0 Å². The smallest absolute Gasteiger partial charge is 0.255 e. The van der Waals surface area contributed by atoms with Gasteiger partial charge in [-0.3, -0.25) is 4.79 Å². The Hall–Kier alpha value is -1.88. The van der Waals surface area contributed by atoms with E-state index < -0.39 is 0 Å². The predicted molar refractivity (Wildman–Crippen MR) is 92.4 cm³/mol. The number of nitrogens with one attached hydrogen (secondary N) is 1. The Labute approximate surface area is 138 Å². The van der Waals surface area contributed by atoms with Crippen molar-refractivity contribution in [1.29, 1.82) is 0 Å². The van der Waals surface area contributed by atoms with Gasteiger partial charge in [0.25, 0.3) is 5.91 Å². The second kappa shape index (κ2) is 6.92. The van der Waals surface area contributed by atoms with Gasteiger partial charge in [-0.1, -0.05) is 22.0 Å². The molecule has 1 amide bonds. The Morgan fingerprint density at radius 1 is 1.14 bits per heavy atom. The summed E-state index contributed by atoms with van der Waals surface area (Å²) in [5.41, 5.74) is 1.41. The van der Waals surface area contributed by atoms with Crippen LogP contribution in [0, 0.1) is 0 Å². The van der Waals surface area contributed by atoms with Gasteiger partial charge in [0.05, 0.1) is 0 Å². The monoisotopic (exact) mass is 359 g/mol. The SMILES string of the molecule is O=C(Nc1cccc(Br)c1)c1ccnc(N2CCCCC2)c1. The van der Waals surface area contributed by atoms with Crippen molar-refractivity contribution >= 4 is 33.3 Å². The van der Waals surface area contributed by atoms with Crippen LogP contribution in [0.4, 0.5) is 11.5 Å². The molecule has 22 heavy (non-hydrogen) atoms. The topological polar surface area (TPSA) is 45.2 Å². The summed E-state index contributed by atoms with van der Waals surface area (Å²) in [4.78, 5) is 19.0. The molecule has 1 aliphatic heterocycles. The molecule has 0 saturated carbocycles. The summed E-state index contributed by atoms with van der Waals surface area (Å²) in [5, 5.41) is 2.91. The normalized spacial score (nSPS) is 14.7. The molecule has 0 radical (unpaired) electrons. The Kier molecular flexibility index (Phi) is 4.73.